The van der Waals surface area contributed by atoms with Gasteiger partial charge in [0.05, 0.1) is 6.33 Å². The van der Waals surface area contributed by atoms with E-state index in [-0.39, 0.29) is 18.7 Å². The molecule has 0 radical (unpaired) electrons. The smallest absolute Gasteiger partial charge is 0.181 e. The summed E-state index contributed by atoms with van der Waals surface area (Å²) in [5, 5.41) is 0. The van der Waals surface area contributed by atoms with Crippen molar-refractivity contribution in [3.05, 3.63) is 78.9 Å². The molecule has 0 amide bonds. The van der Waals surface area contributed by atoms with Gasteiger partial charge in [-0.1, -0.05) is 42.5 Å². The number of ketones is 1. The van der Waals surface area contributed by atoms with E-state index in [2.05, 4.69) is 41.4 Å². The second-order valence-corrected chi connectivity index (χ2v) is 7.05. The number of hydrogen-bond donors (Lipinski definition) is 0. The predicted molar refractivity (Wildman–Crippen MR) is 113 cm³/mol. The van der Waals surface area contributed by atoms with E-state index in [0.717, 1.165) is 41.6 Å². The van der Waals surface area contributed by atoms with E-state index in [4.69, 9.17) is 9.47 Å². The summed E-state index contributed by atoms with van der Waals surface area (Å²) >= 11 is 0. The van der Waals surface area contributed by atoms with E-state index in [1.165, 1.54) is 0 Å². The van der Waals surface area contributed by atoms with Crippen molar-refractivity contribution < 1.29 is 14.3 Å². The minimum atomic E-state index is -0.236. The molecule has 1 fully saturated rings. The Balaban J connectivity index is 1.32. The van der Waals surface area contributed by atoms with Gasteiger partial charge in [0, 0.05) is 24.7 Å². The standard InChI is InChI=1S/C24H24N2O3/c27-23(17-29-24-3-1-2-16-28-24)13-6-19-4-7-20(8-5-19)21-9-11-22(12-10-21)26-15-14-25-18-26/h4-15,18,24H,1-3,16-17H2/b13-6+. The highest BCUT2D eigenvalue weighted by Gasteiger charge is 2.14. The van der Waals surface area contributed by atoms with Crippen LogP contribution in [0.25, 0.3) is 22.9 Å². The van der Waals surface area contributed by atoms with Gasteiger partial charge in [0.2, 0.25) is 0 Å². The van der Waals surface area contributed by atoms with Gasteiger partial charge in [-0.25, -0.2) is 4.98 Å². The van der Waals surface area contributed by atoms with Gasteiger partial charge in [-0.15, -0.1) is 0 Å². The Labute approximate surface area is 170 Å². The van der Waals surface area contributed by atoms with Crippen LogP contribution in [0.15, 0.2) is 73.3 Å². The van der Waals surface area contributed by atoms with E-state index >= 15 is 0 Å². The third kappa shape index (κ3) is 5.28. The molecule has 1 saturated heterocycles. The minimum Gasteiger partial charge on any atom is -0.353 e. The van der Waals surface area contributed by atoms with Crippen LogP contribution in [-0.2, 0) is 14.3 Å². The first kappa shape index (κ1) is 19.3. The molecule has 29 heavy (non-hydrogen) atoms. The Morgan fingerprint density at radius 1 is 1.10 bits per heavy atom. The zero-order valence-corrected chi connectivity index (χ0v) is 16.2. The Kier molecular flexibility index (Phi) is 6.29. The van der Waals surface area contributed by atoms with Gasteiger partial charge in [0.25, 0.3) is 0 Å². The molecule has 148 valence electrons. The first-order chi connectivity index (χ1) is 14.3. The maximum atomic E-state index is 12.0. The molecule has 0 aliphatic carbocycles. The summed E-state index contributed by atoms with van der Waals surface area (Å²) in [5.41, 5.74) is 4.32. The summed E-state index contributed by atoms with van der Waals surface area (Å²) in [7, 11) is 0. The van der Waals surface area contributed by atoms with Gasteiger partial charge in [-0.3, -0.25) is 4.79 Å². The molecular formula is C24H24N2O3. The highest BCUT2D eigenvalue weighted by molar-refractivity contribution is 5.94. The van der Waals surface area contributed by atoms with Gasteiger partial charge >= 0.3 is 0 Å². The van der Waals surface area contributed by atoms with E-state index < -0.39 is 0 Å². The highest BCUT2D eigenvalue weighted by atomic mass is 16.7. The summed E-state index contributed by atoms with van der Waals surface area (Å²) in [6, 6.07) is 16.5. The first-order valence-corrected chi connectivity index (χ1v) is 9.91. The van der Waals surface area contributed by atoms with Gasteiger partial charge in [-0.2, -0.15) is 0 Å². The van der Waals surface area contributed by atoms with Crippen LogP contribution < -0.4 is 0 Å². The summed E-state index contributed by atoms with van der Waals surface area (Å²) in [5.74, 6) is -0.0571. The van der Waals surface area contributed by atoms with Crippen molar-refractivity contribution in [2.24, 2.45) is 0 Å². The third-order valence-corrected chi connectivity index (χ3v) is 4.92. The van der Waals surface area contributed by atoms with Gasteiger partial charge in [-0.05, 0) is 54.2 Å². The van der Waals surface area contributed by atoms with Crippen molar-refractivity contribution in [1.29, 1.82) is 0 Å². The minimum absolute atomic E-state index is 0.0571. The number of ether oxygens (including phenoxy) is 2. The average Bonchev–Trinajstić information content (AvgIpc) is 3.32. The van der Waals surface area contributed by atoms with Gasteiger partial charge in [0.15, 0.2) is 12.1 Å². The lowest BCUT2D eigenvalue weighted by Gasteiger charge is -2.21. The maximum absolute atomic E-state index is 12.0. The molecule has 2 aromatic carbocycles. The molecule has 0 saturated carbocycles. The largest absolute Gasteiger partial charge is 0.353 e. The molecule has 1 unspecified atom stereocenters. The zero-order chi connectivity index (χ0) is 19.9. The Morgan fingerprint density at radius 2 is 1.86 bits per heavy atom. The van der Waals surface area contributed by atoms with Crippen LogP contribution in [-0.4, -0.2) is 34.8 Å². The van der Waals surface area contributed by atoms with Crippen LogP contribution in [0.2, 0.25) is 0 Å². The molecule has 1 aliphatic heterocycles. The van der Waals surface area contributed by atoms with Gasteiger partial charge < -0.3 is 14.0 Å². The molecule has 1 aromatic heterocycles. The molecule has 3 aromatic rings. The predicted octanol–water partition coefficient (Wildman–Crippen LogP) is 4.66. The topological polar surface area (TPSA) is 53.4 Å². The highest BCUT2D eigenvalue weighted by Crippen LogP contribution is 2.22. The molecular weight excluding hydrogens is 364 g/mol. The normalized spacial score (nSPS) is 16.9. The Morgan fingerprint density at radius 3 is 2.52 bits per heavy atom. The number of carbonyl (C=O) groups is 1. The second-order valence-electron chi connectivity index (χ2n) is 7.05. The van der Waals surface area contributed by atoms with Crippen molar-refractivity contribution >= 4 is 11.9 Å². The van der Waals surface area contributed by atoms with E-state index in [1.54, 1.807) is 18.6 Å². The fourth-order valence-corrected chi connectivity index (χ4v) is 3.28. The molecule has 4 rings (SSSR count). The number of aromatic nitrogens is 2. The number of nitrogens with zero attached hydrogens (tertiary/aromatic N) is 2. The lowest BCUT2D eigenvalue weighted by molar-refractivity contribution is -0.167. The molecule has 1 aliphatic rings. The number of rotatable bonds is 7. The average molecular weight is 388 g/mol. The molecule has 0 bridgehead atoms. The summed E-state index contributed by atoms with van der Waals surface area (Å²) in [6.07, 6.45) is 11.6. The van der Waals surface area contributed by atoms with E-state index in [0.29, 0.717) is 6.61 Å². The Bertz CT molecular complexity index is 939. The fraction of sp³-hybridized carbons (Fsp3) is 0.250. The maximum Gasteiger partial charge on any atom is 0.181 e. The number of imidazole rings is 1. The lowest BCUT2D eigenvalue weighted by Crippen LogP contribution is -2.24. The van der Waals surface area contributed by atoms with Crippen LogP contribution in [0.5, 0.6) is 0 Å². The molecule has 2 heterocycles. The van der Waals surface area contributed by atoms with Crippen molar-refractivity contribution in [3.63, 3.8) is 0 Å². The van der Waals surface area contributed by atoms with Crippen LogP contribution in [0.1, 0.15) is 24.8 Å². The van der Waals surface area contributed by atoms with Crippen molar-refractivity contribution in [2.75, 3.05) is 13.2 Å². The summed E-state index contributed by atoms with van der Waals surface area (Å²) in [6.45, 7) is 0.774. The van der Waals surface area contributed by atoms with E-state index in [9.17, 15) is 4.79 Å². The lowest BCUT2D eigenvalue weighted by atomic mass is 10.0. The zero-order valence-electron chi connectivity index (χ0n) is 16.2. The van der Waals surface area contributed by atoms with Crippen LogP contribution in [0, 0.1) is 0 Å². The number of carbonyl (C=O) groups excluding carboxylic acids is 1. The Hall–Kier alpha value is -3.02. The first-order valence-electron chi connectivity index (χ1n) is 9.91. The van der Waals surface area contributed by atoms with Crippen molar-refractivity contribution in [1.82, 2.24) is 9.55 Å². The molecule has 5 heteroatoms. The third-order valence-electron chi connectivity index (χ3n) is 4.92. The van der Waals surface area contributed by atoms with Crippen molar-refractivity contribution in [2.45, 2.75) is 25.6 Å². The SMILES string of the molecule is O=C(/C=C/c1ccc(-c2ccc(-n3ccnc3)cc2)cc1)COC1CCCCO1. The molecule has 5 nitrogen and oxygen atoms in total. The second kappa shape index (κ2) is 9.45. The fourth-order valence-electron chi connectivity index (χ4n) is 3.28. The van der Waals surface area contributed by atoms with Crippen LogP contribution in [0.4, 0.5) is 0 Å². The quantitative estimate of drug-likeness (QED) is 0.552. The molecule has 0 spiro atoms. The monoisotopic (exact) mass is 388 g/mol. The summed E-state index contributed by atoms with van der Waals surface area (Å²) < 4.78 is 13.0. The number of hydrogen-bond acceptors (Lipinski definition) is 4. The summed E-state index contributed by atoms with van der Waals surface area (Å²) in [4.78, 5) is 16.1. The van der Waals surface area contributed by atoms with Gasteiger partial charge in [0.1, 0.15) is 6.61 Å². The van der Waals surface area contributed by atoms with Crippen LogP contribution >= 0.6 is 0 Å². The van der Waals surface area contributed by atoms with Crippen molar-refractivity contribution in [3.8, 4) is 16.8 Å². The number of benzene rings is 2. The molecule has 0 N–H and O–H groups in total. The van der Waals surface area contributed by atoms with Crippen LogP contribution in [0.3, 0.4) is 0 Å². The molecule has 1 atom stereocenters. The van der Waals surface area contributed by atoms with E-state index in [1.807, 2.05) is 29.0 Å².